The second-order valence-corrected chi connectivity index (χ2v) is 13.2. The SMILES string of the molecule is CC1CCC(C2COC3CCC4CCCCC4C3C3C(CCC4CCCCC43)OC2)CC1.O.O.O.O.[HH]. The molecular weight excluding hydrogens is 456 g/mol. The lowest BCUT2D eigenvalue weighted by molar-refractivity contribution is -0.140. The van der Waals surface area contributed by atoms with Gasteiger partial charge >= 0.3 is 0 Å². The van der Waals surface area contributed by atoms with Crippen molar-refractivity contribution in [3.63, 3.8) is 0 Å². The highest BCUT2D eigenvalue weighted by Crippen LogP contribution is 2.56. The normalized spacial score (nSPS) is 46.4. The summed E-state index contributed by atoms with van der Waals surface area (Å²) >= 11 is 0. The van der Waals surface area contributed by atoms with E-state index in [0.717, 1.165) is 60.6 Å². The highest BCUT2D eigenvalue weighted by molar-refractivity contribution is 5.02. The summed E-state index contributed by atoms with van der Waals surface area (Å²) < 4.78 is 14.1. The summed E-state index contributed by atoms with van der Waals surface area (Å²) in [5.41, 5.74) is 0. The third-order valence-corrected chi connectivity index (χ3v) is 11.6. The van der Waals surface area contributed by atoms with E-state index in [-0.39, 0.29) is 23.3 Å². The van der Waals surface area contributed by atoms with Crippen LogP contribution in [0.4, 0.5) is 0 Å². The molecule has 0 aromatic carbocycles. The average Bonchev–Trinajstić information content (AvgIpc) is 2.92. The molecule has 0 spiro atoms. The first kappa shape index (κ1) is 32.0. The molecule has 5 aliphatic carbocycles. The van der Waals surface area contributed by atoms with Gasteiger partial charge in [-0.1, -0.05) is 58.3 Å². The molecule has 6 heteroatoms. The van der Waals surface area contributed by atoms with E-state index in [1.54, 1.807) is 0 Å². The molecule has 6 fully saturated rings. The minimum atomic E-state index is 0. The molecule has 0 amide bonds. The standard InChI is InChI=1S/C30H50O2.4H2O.H2/c1-20-10-12-21(13-11-20)24-18-31-27-16-14-22-6-2-4-8-25(22)29(27)30-26-9-5-3-7-23(26)15-17-28(30)32-19-24;;;;;/h20-30H,2-19H2,1H3;4*1H2;1H. The number of rotatable bonds is 1. The third kappa shape index (κ3) is 6.31. The molecule has 0 radical (unpaired) electrons. The first-order valence-electron chi connectivity index (χ1n) is 15.0. The summed E-state index contributed by atoms with van der Waals surface area (Å²) in [6, 6.07) is 0. The summed E-state index contributed by atoms with van der Waals surface area (Å²) in [7, 11) is 0. The van der Waals surface area contributed by atoms with Gasteiger partial charge in [-0.25, -0.2) is 0 Å². The topological polar surface area (TPSA) is 144 Å². The molecule has 1 heterocycles. The molecule has 8 atom stereocenters. The largest absolute Gasteiger partial charge is 0.412 e. The minimum absolute atomic E-state index is 0. The number of fused-ring (bicyclic) bond motifs is 7. The first-order chi connectivity index (χ1) is 15.8. The van der Waals surface area contributed by atoms with E-state index >= 15 is 0 Å². The van der Waals surface area contributed by atoms with E-state index < -0.39 is 0 Å². The van der Waals surface area contributed by atoms with E-state index in [4.69, 9.17) is 9.47 Å². The van der Waals surface area contributed by atoms with Crippen LogP contribution in [0.25, 0.3) is 0 Å². The van der Waals surface area contributed by atoms with Gasteiger partial charge in [0.1, 0.15) is 0 Å². The van der Waals surface area contributed by atoms with Crippen LogP contribution in [0.2, 0.25) is 0 Å². The smallest absolute Gasteiger partial charge is 0.0610 e. The number of hydrogen-bond donors (Lipinski definition) is 0. The zero-order chi connectivity index (χ0) is 21.5. The van der Waals surface area contributed by atoms with Crippen molar-refractivity contribution in [2.45, 2.75) is 122 Å². The Bertz CT molecular complexity index is 587. The van der Waals surface area contributed by atoms with E-state index in [1.165, 1.54) is 103 Å². The Hall–Kier alpha value is -0.240. The van der Waals surface area contributed by atoms with Crippen molar-refractivity contribution in [2.75, 3.05) is 13.2 Å². The van der Waals surface area contributed by atoms with Crippen LogP contribution >= 0.6 is 0 Å². The lowest BCUT2D eigenvalue weighted by atomic mass is 9.53. The molecule has 6 nitrogen and oxygen atoms in total. The van der Waals surface area contributed by atoms with Crippen LogP contribution in [0.1, 0.15) is 111 Å². The predicted molar refractivity (Wildman–Crippen MR) is 147 cm³/mol. The van der Waals surface area contributed by atoms with Crippen LogP contribution in [0.3, 0.4) is 0 Å². The minimum Gasteiger partial charge on any atom is -0.412 e. The summed E-state index contributed by atoms with van der Waals surface area (Å²) in [6.07, 6.45) is 24.2. The van der Waals surface area contributed by atoms with Gasteiger partial charge in [-0.05, 0) is 98.7 Å². The van der Waals surface area contributed by atoms with Gasteiger partial charge in [-0.15, -0.1) is 0 Å². The second kappa shape index (κ2) is 14.2. The molecule has 36 heavy (non-hydrogen) atoms. The van der Waals surface area contributed by atoms with Crippen LogP contribution < -0.4 is 0 Å². The Kier molecular flexibility index (Phi) is 12.6. The first-order valence-corrected chi connectivity index (χ1v) is 15.0. The van der Waals surface area contributed by atoms with Gasteiger partial charge < -0.3 is 31.4 Å². The highest BCUT2D eigenvalue weighted by Gasteiger charge is 2.53. The molecule has 8 N–H and O–H groups in total. The Labute approximate surface area is 221 Å². The molecular formula is C30H60O6. The van der Waals surface area contributed by atoms with E-state index in [2.05, 4.69) is 6.92 Å². The maximum atomic E-state index is 7.06. The highest BCUT2D eigenvalue weighted by atomic mass is 16.5. The van der Waals surface area contributed by atoms with Crippen molar-refractivity contribution in [3.05, 3.63) is 0 Å². The van der Waals surface area contributed by atoms with Gasteiger partial charge in [0.2, 0.25) is 0 Å². The average molecular weight is 517 g/mol. The predicted octanol–water partition coefficient (Wildman–Crippen LogP) is 4.59. The van der Waals surface area contributed by atoms with Crippen LogP contribution in [-0.4, -0.2) is 47.3 Å². The molecule has 0 bridgehead atoms. The molecule has 5 saturated carbocycles. The van der Waals surface area contributed by atoms with E-state index in [0.29, 0.717) is 18.1 Å². The van der Waals surface area contributed by atoms with Gasteiger partial charge in [0.05, 0.1) is 25.4 Å². The van der Waals surface area contributed by atoms with Crippen LogP contribution in [0, 0.1) is 53.3 Å². The monoisotopic (exact) mass is 516 g/mol. The molecule has 6 aliphatic rings. The van der Waals surface area contributed by atoms with E-state index in [1.807, 2.05) is 0 Å². The van der Waals surface area contributed by atoms with Gasteiger partial charge in [-0.3, -0.25) is 0 Å². The Balaban J connectivity index is 0.00000137. The van der Waals surface area contributed by atoms with Crippen molar-refractivity contribution in [1.82, 2.24) is 0 Å². The maximum Gasteiger partial charge on any atom is 0.0610 e. The zero-order valence-electron chi connectivity index (χ0n) is 22.9. The van der Waals surface area contributed by atoms with Crippen LogP contribution in [-0.2, 0) is 9.47 Å². The van der Waals surface area contributed by atoms with Crippen molar-refractivity contribution >= 4 is 0 Å². The third-order valence-electron chi connectivity index (χ3n) is 11.6. The molecule has 8 unspecified atom stereocenters. The Morgan fingerprint density at radius 3 is 1.33 bits per heavy atom. The fourth-order valence-corrected chi connectivity index (χ4v) is 9.92. The van der Waals surface area contributed by atoms with Crippen molar-refractivity contribution in [3.8, 4) is 0 Å². The summed E-state index contributed by atoms with van der Waals surface area (Å²) in [5.74, 6) is 7.89. The molecule has 1 aliphatic heterocycles. The maximum absolute atomic E-state index is 7.06. The summed E-state index contributed by atoms with van der Waals surface area (Å²) in [5, 5.41) is 0. The number of hydrogen-bond acceptors (Lipinski definition) is 2. The number of ether oxygens (including phenoxy) is 2. The molecule has 0 aromatic rings. The lowest BCUT2D eigenvalue weighted by Gasteiger charge is -2.55. The summed E-state index contributed by atoms with van der Waals surface area (Å²) in [4.78, 5) is 0. The Morgan fingerprint density at radius 1 is 0.444 bits per heavy atom. The second-order valence-electron chi connectivity index (χ2n) is 13.2. The van der Waals surface area contributed by atoms with Gasteiger partial charge in [-0.2, -0.15) is 0 Å². The zero-order valence-corrected chi connectivity index (χ0v) is 22.9. The van der Waals surface area contributed by atoms with Crippen molar-refractivity contribution in [2.24, 2.45) is 53.3 Å². The van der Waals surface area contributed by atoms with Gasteiger partial charge in [0.15, 0.2) is 0 Å². The van der Waals surface area contributed by atoms with Crippen molar-refractivity contribution < 1.29 is 32.8 Å². The lowest BCUT2D eigenvalue weighted by Crippen LogP contribution is -2.53. The van der Waals surface area contributed by atoms with Crippen molar-refractivity contribution in [1.29, 1.82) is 0 Å². The van der Waals surface area contributed by atoms with Gasteiger partial charge in [0, 0.05) is 7.34 Å². The quantitative estimate of drug-likeness (QED) is 0.502. The van der Waals surface area contributed by atoms with Crippen LogP contribution in [0.5, 0.6) is 0 Å². The molecule has 6 rings (SSSR count). The Morgan fingerprint density at radius 2 is 0.861 bits per heavy atom. The van der Waals surface area contributed by atoms with Crippen LogP contribution in [0.15, 0.2) is 0 Å². The summed E-state index contributed by atoms with van der Waals surface area (Å²) in [6.45, 7) is 4.43. The fourth-order valence-electron chi connectivity index (χ4n) is 9.92. The van der Waals surface area contributed by atoms with E-state index in [9.17, 15) is 0 Å². The fraction of sp³-hybridized carbons (Fsp3) is 1.00. The molecule has 216 valence electrons. The molecule has 1 saturated heterocycles. The molecule has 0 aromatic heterocycles. The van der Waals surface area contributed by atoms with Gasteiger partial charge in [0.25, 0.3) is 0 Å².